The summed E-state index contributed by atoms with van der Waals surface area (Å²) in [6.45, 7) is 2.95. The number of benzene rings is 1. The van der Waals surface area contributed by atoms with Crippen molar-refractivity contribution in [2.24, 2.45) is 5.41 Å². The third-order valence-electron chi connectivity index (χ3n) is 3.61. The zero-order valence-corrected chi connectivity index (χ0v) is 14.4. The minimum absolute atomic E-state index is 0.00611. The molecule has 2 aromatic rings. The molecular formula is C17H16F3NO3S. The highest BCUT2D eigenvalue weighted by atomic mass is 32.1. The van der Waals surface area contributed by atoms with Gasteiger partial charge in [-0.3, -0.25) is 9.59 Å². The standard InChI is InChI=1S/C17H16F3NO3S/c1-16(2,15(23)24)8-13(22)7-12-9-25-14(21-12)10-3-5-11(6-4-10)17(18,19)20/h3-6,9H,7-8H2,1-2H3,(H,23,24). The number of carboxylic acid groups (broad SMARTS) is 1. The van der Waals surface area contributed by atoms with Crippen LogP contribution in [0, 0.1) is 5.41 Å². The van der Waals surface area contributed by atoms with E-state index in [1.54, 1.807) is 5.38 Å². The van der Waals surface area contributed by atoms with Crippen LogP contribution in [0.3, 0.4) is 0 Å². The number of nitrogens with zero attached hydrogens (tertiary/aromatic N) is 1. The van der Waals surface area contributed by atoms with Crippen LogP contribution in [0.15, 0.2) is 29.6 Å². The summed E-state index contributed by atoms with van der Waals surface area (Å²) in [6, 6.07) is 4.63. The van der Waals surface area contributed by atoms with E-state index in [0.29, 0.717) is 16.3 Å². The van der Waals surface area contributed by atoms with E-state index >= 15 is 0 Å². The Kier molecular flexibility index (Phi) is 5.31. The van der Waals surface area contributed by atoms with Crippen molar-refractivity contribution >= 4 is 23.1 Å². The molecule has 1 N–H and O–H groups in total. The van der Waals surface area contributed by atoms with Crippen LogP contribution < -0.4 is 0 Å². The lowest BCUT2D eigenvalue weighted by Gasteiger charge is -2.17. The fourth-order valence-corrected chi connectivity index (χ4v) is 2.98. The molecule has 0 bridgehead atoms. The molecule has 0 radical (unpaired) electrons. The van der Waals surface area contributed by atoms with E-state index in [1.165, 1.54) is 37.3 Å². The highest BCUT2D eigenvalue weighted by Gasteiger charge is 2.31. The van der Waals surface area contributed by atoms with Gasteiger partial charge >= 0.3 is 12.1 Å². The number of carbonyl (C=O) groups is 2. The first-order valence-electron chi connectivity index (χ1n) is 7.36. The number of ketones is 1. The van der Waals surface area contributed by atoms with Crippen LogP contribution in [0.4, 0.5) is 13.2 Å². The Morgan fingerprint density at radius 1 is 1.16 bits per heavy atom. The van der Waals surface area contributed by atoms with Crippen LogP contribution in [0.2, 0.25) is 0 Å². The fourth-order valence-electron chi connectivity index (χ4n) is 2.16. The van der Waals surface area contributed by atoms with Gasteiger partial charge in [-0.1, -0.05) is 12.1 Å². The molecule has 0 amide bonds. The second-order valence-corrected chi connectivity index (χ2v) is 7.16. The first kappa shape index (κ1) is 19.1. The Hall–Kier alpha value is -2.22. The summed E-state index contributed by atoms with van der Waals surface area (Å²) in [6.07, 6.45) is -4.51. The highest BCUT2D eigenvalue weighted by Crippen LogP contribution is 2.32. The summed E-state index contributed by atoms with van der Waals surface area (Å²) in [4.78, 5) is 27.3. The Bertz CT molecular complexity index is 779. The number of carbonyl (C=O) groups excluding carboxylic acids is 1. The fraction of sp³-hybridized carbons (Fsp3) is 0.353. The van der Waals surface area contributed by atoms with E-state index in [9.17, 15) is 22.8 Å². The van der Waals surface area contributed by atoms with Gasteiger partial charge in [0.25, 0.3) is 0 Å². The van der Waals surface area contributed by atoms with E-state index in [-0.39, 0.29) is 18.6 Å². The monoisotopic (exact) mass is 371 g/mol. The van der Waals surface area contributed by atoms with E-state index in [4.69, 9.17) is 5.11 Å². The normalized spacial score (nSPS) is 12.2. The number of hydrogen-bond acceptors (Lipinski definition) is 4. The van der Waals surface area contributed by atoms with Gasteiger partial charge in [-0.2, -0.15) is 13.2 Å². The number of carboxylic acids is 1. The molecule has 1 aromatic carbocycles. The van der Waals surface area contributed by atoms with Gasteiger partial charge in [0.1, 0.15) is 10.8 Å². The minimum Gasteiger partial charge on any atom is -0.481 e. The Morgan fingerprint density at radius 2 is 1.76 bits per heavy atom. The molecule has 1 aromatic heterocycles. The molecule has 134 valence electrons. The van der Waals surface area contributed by atoms with E-state index in [0.717, 1.165) is 12.1 Å². The molecule has 0 saturated carbocycles. The van der Waals surface area contributed by atoms with E-state index in [1.807, 2.05) is 0 Å². The van der Waals surface area contributed by atoms with Crippen LogP contribution in [0.25, 0.3) is 10.6 Å². The second-order valence-electron chi connectivity index (χ2n) is 6.30. The van der Waals surface area contributed by atoms with Gasteiger partial charge in [0.2, 0.25) is 0 Å². The minimum atomic E-state index is -4.39. The van der Waals surface area contributed by atoms with Gasteiger partial charge in [0, 0.05) is 23.8 Å². The maximum absolute atomic E-state index is 12.6. The van der Waals surface area contributed by atoms with Crippen LogP contribution >= 0.6 is 11.3 Å². The van der Waals surface area contributed by atoms with Gasteiger partial charge in [-0.15, -0.1) is 11.3 Å². The molecule has 0 aliphatic rings. The number of thiazole rings is 1. The zero-order chi connectivity index (χ0) is 18.8. The predicted octanol–water partition coefficient (Wildman–Crippen LogP) is 4.44. The van der Waals surface area contributed by atoms with Crippen molar-refractivity contribution in [2.75, 3.05) is 0 Å². The maximum Gasteiger partial charge on any atom is 0.416 e. The average Bonchev–Trinajstić information content (AvgIpc) is 2.94. The van der Waals surface area contributed by atoms with E-state index < -0.39 is 23.1 Å². The number of aromatic nitrogens is 1. The molecule has 0 spiro atoms. The van der Waals surface area contributed by atoms with Crippen molar-refractivity contribution in [1.82, 2.24) is 4.98 Å². The van der Waals surface area contributed by atoms with E-state index in [2.05, 4.69) is 4.98 Å². The molecule has 4 nitrogen and oxygen atoms in total. The summed E-state index contributed by atoms with van der Waals surface area (Å²) in [5.74, 6) is -1.30. The van der Waals surface area contributed by atoms with Crippen LogP contribution in [0.1, 0.15) is 31.5 Å². The van der Waals surface area contributed by atoms with Crippen LogP contribution in [0.5, 0.6) is 0 Å². The second kappa shape index (κ2) is 6.95. The lowest BCUT2D eigenvalue weighted by Crippen LogP contribution is -2.27. The summed E-state index contributed by atoms with van der Waals surface area (Å²) in [7, 11) is 0. The van der Waals surface area contributed by atoms with Crippen molar-refractivity contribution in [3.63, 3.8) is 0 Å². The molecule has 0 aliphatic carbocycles. The molecule has 0 aliphatic heterocycles. The number of aliphatic carboxylic acids is 1. The number of hydrogen-bond donors (Lipinski definition) is 1. The zero-order valence-electron chi connectivity index (χ0n) is 13.6. The molecular weight excluding hydrogens is 355 g/mol. The van der Waals surface area contributed by atoms with Gasteiger partial charge in [0.15, 0.2) is 0 Å². The predicted molar refractivity (Wildman–Crippen MR) is 87.3 cm³/mol. The molecule has 2 rings (SSSR count). The van der Waals surface area contributed by atoms with Crippen LogP contribution in [-0.4, -0.2) is 21.8 Å². The summed E-state index contributed by atoms with van der Waals surface area (Å²) < 4.78 is 37.7. The van der Waals surface area contributed by atoms with Gasteiger partial charge in [-0.05, 0) is 26.0 Å². The van der Waals surface area contributed by atoms with Crippen molar-refractivity contribution in [1.29, 1.82) is 0 Å². The average molecular weight is 371 g/mol. The summed E-state index contributed by atoms with van der Waals surface area (Å²) in [5, 5.41) is 11.2. The maximum atomic E-state index is 12.6. The third-order valence-corrected chi connectivity index (χ3v) is 4.55. The number of alkyl halides is 3. The van der Waals surface area contributed by atoms with Gasteiger partial charge < -0.3 is 5.11 Å². The molecule has 0 unspecified atom stereocenters. The highest BCUT2D eigenvalue weighted by molar-refractivity contribution is 7.13. The first-order valence-corrected chi connectivity index (χ1v) is 8.24. The number of halogens is 3. The summed E-state index contributed by atoms with van der Waals surface area (Å²) in [5.41, 5.74) is -0.878. The van der Waals surface area contributed by atoms with Gasteiger partial charge in [0.05, 0.1) is 16.7 Å². The lowest BCUT2D eigenvalue weighted by molar-refractivity contribution is -0.149. The molecule has 0 fully saturated rings. The lowest BCUT2D eigenvalue weighted by atomic mass is 9.86. The summed E-state index contributed by atoms with van der Waals surface area (Å²) >= 11 is 1.22. The third kappa shape index (κ3) is 4.88. The Morgan fingerprint density at radius 3 is 2.28 bits per heavy atom. The number of Topliss-reactive ketones (excluding diaryl/α,β-unsaturated/α-hetero) is 1. The largest absolute Gasteiger partial charge is 0.481 e. The molecule has 1 heterocycles. The van der Waals surface area contributed by atoms with Crippen molar-refractivity contribution < 1.29 is 27.9 Å². The smallest absolute Gasteiger partial charge is 0.416 e. The SMILES string of the molecule is CC(C)(CC(=O)Cc1csc(-c2ccc(C(F)(F)F)cc2)n1)C(=O)O. The Labute approximate surface area is 146 Å². The van der Waals surface area contributed by atoms with Crippen molar-refractivity contribution in [2.45, 2.75) is 32.9 Å². The first-order chi connectivity index (χ1) is 11.5. The number of rotatable bonds is 6. The quantitative estimate of drug-likeness (QED) is 0.815. The van der Waals surface area contributed by atoms with Crippen molar-refractivity contribution in [3.05, 3.63) is 40.9 Å². The molecule has 0 atom stereocenters. The van der Waals surface area contributed by atoms with Crippen molar-refractivity contribution in [3.8, 4) is 10.6 Å². The molecule has 25 heavy (non-hydrogen) atoms. The van der Waals surface area contributed by atoms with Crippen LogP contribution in [-0.2, 0) is 22.2 Å². The molecule has 8 heteroatoms. The topological polar surface area (TPSA) is 67.3 Å². The van der Waals surface area contributed by atoms with Gasteiger partial charge in [-0.25, -0.2) is 4.98 Å². The molecule has 0 saturated heterocycles. The Balaban J connectivity index is 2.07.